The molecule has 0 aliphatic carbocycles. The highest BCUT2D eigenvalue weighted by molar-refractivity contribution is 6.32. The summed E-state index contributed by atoms with van der Waals surface area (Å²) < 4.78 is 0. The Bertz CT molecular complexity index is 337. The van der Waals surface area contributed by atoms with E-state index in [0.717, 1.165) is 5.69 Å². The summed E-state index contributed by atoms with van der Waals surface area (Å²) >= 11 is 6.01. The van der Waals surface area contributed by atoms with Gasteiger partial charge in [0.2, 0.25) is 5.91 Å². The lowest BCUT2D eigenvalue weighted by Crippen LogP contribution is -2.41. The Morgan fingerprint density at radius 3 is 2.31 bits per heavy atom. The number of nitrogens with zero attached hydrogens (tertiary/aromatic N) is 1. The smallest absolute Gasteiger partial charge is 0.245 e. The minimum absolute atomic E-state index is 0.0228. The normalized spacial score (nSPS) is 12.6. The van der Waals surface area contributed by atoms with Gasteiger partial charge in [0.25, 0.3) is 0 Å². The van der Waals surface area contributed by atoms with Crippen molar-refractivity contribution >= 4 is 23.2 Å². The van der Waals surface area contributed by atoms with Crippen LogP contribution in [0.1, 0.15) is 27.2 Å². The fourth-order valence-corrected chi connectivity index (χ4v) is 1.70. The van der Waals surface area contributed by atoms with Gasteiger partial charge in [0, 0.05) is 11.7 Å². The number of para-hydroxylation sites is 1. The fraction of sp³-hybridized carbons (Fsp3) is 0.462. The number of rotatable bonds is 4. The number of amides is 1. The topological polar surface area (TPSA) is 20.3 Å². The predicted octanol–water partition coefficient (Wildman–Crippen LogP) is 3.45. The zero-order chi connectivity index (χ0) is 12.1. The highest BCUT2D eigenvalue weighted by Crippen LogP contribution is 2.20. The molecule has 3 heteroatoms. The molecule has 0 saturated carbocycles. The fourth-order valence-electron chi connectivity index (χ4n) is 1.59. The van der Waals surface area contributed by atoms with Gasteiger partial charge < -0.3 is 4.90 Å². The first-order valence-corrected chi connectivity index (χ1v) is 6.03. The molecule has 0 radical (unpaired) electrons. The summed E-state index contributed by atoms with van der Waals surface area (Å²) in [6, 6.07) is 9.75. The summed E-state index contributed by atoms with van der Waals surface area (Å²) in [4.78, 5) is 13.9. The standard InChI is InChI=1S/C13H18ClNO/c1-4-12(14)13(16)15(10(2)3)11-8-6-5-7-9-11/h5-10,12H,4H2,1-3H3. The second-order valence-corrected chi connectivity index (χ2v) is 4.54. The molecule has 0 aliphatic heterocycles. The molecular formula is C13H18ClNO. The van der Waals surface area contributed by atoms with E-state index in [1.807, 2.05) is 51.1 Å². The third kappa shape index (κ3) is 2.99. The molecule has 88 valence electrons. The lowest BCUT2D eigenvalue weighted by Gasteiger charge is -2.28. The van der Waals surface area contributed by atoms with Gasteiger partial charge >= 0.3 is 0 Å². The van der Waals surface area contributed by atoms with Crippen LogP contribution >= 0.6 is 11.6 Å². The number of hydrogen-bond acceptors (Lipinski definition) is 1. The minimum Gasteiger partial charge on any atom is -0.309 e. The van der Waals surface area contributed by atoms with Crippen LogP contribution in [0.25, 0.3) is 0 Å². The van der Waals surface area contributed by atoms with E-state index in [0.29, 0.717) is 6.42 Å². The molecule has 2 nitrogen and oxygen atoms in total. The average molecular weight is 240 g/mol. The zero-order valence-electron chi connectivity index (χ0n) is 9.98. The third-order valence-electron chi connectivity index (χ3n) is 2.41. The van der Waals surface area contributed by atoms with Crippen molar-refractivity contribution in [3.8, 4) is 0 Å². The highest BCUT2D eigenvalue weighted by Gasteiger charge is 2.24. The second kappa shape index (κ2) is 5.90. The van der Waals surface area contributed by atoms with Crippen molar-refractivity contribution in [1.29, 1.82) is 0 Å². The number of hydrogen-bond donors (Lipinski definition) is 0. The molecule has 0 N–H and O–H groups in total. The number of benzene rings is 1. The van der Waals surface area contributed by atoms with Crippen molar-refractivity contribution in [1.82, 2.24) is 0 Å². The maximum atomic E-state index is 12.1. The first kappa shape index (κ1) is 13.0. The molecule has 0 saturated heterocycles. The summed E-state index contributed by atoms with van der Waals surface area (Å²) in [5.41, 5.74) is 0.904. The molecule has 0 spiro atoms. The summed E-state index contributed by atoms with van der Waals surface area (Å²) in [7, 11) is 0. The van der Waals surface area contributed by atoms with E-state index in [1.165, 1.54) is 0 Å². The van der Waals surface area contributed by atoms with Gasteiger partial charge in [-0.2, -0.15) is 0 Å². The second-order valence-electron chi connectivity index (χ2n) is 4.01. The summed E-state index contributed by atoms with van der Waals surface area (Å²) in [6.45, 7) is 5.90. The summed E-state index contributed by atoms with van der Waals surface area (Å²) in [6.07, 6.45) is 0.649. The number of carbonyl (C=O) groups is 1. The van der Waals surface area contributed by atoms with Crippen molar-refractivity contribution in [2.45, 2.75) is 38.6 Å². The van der Waals surface area contributed by atoms with Crippen molar-refractivity contribution in [2.24, 2.45) is 0 Å². The van der Waals surface area contributed by atoms with Gasteiger partial charge in [-0.25, -0.2) is 0 Å². The van der Waals surface area contributed by atoms with Crippen LogP contribution in [0.4, 0.5) is 5.69 Å². The van der Waals surface area contributed by atoms with Crippen LogP contribution in [0.3, 0.4) is 0 Å². The Morgan fingerprint density at radius 2 is 1.88 bits per heavy atom. The van der Waals surface area contributed by atoms with Crippen molar-refractivity contribution < 1.29 is 4.79 Å². The van der Waals surface area contributed by atoms with Crippen LogP contribution in [-0.4, -0.2) is 17.3 Å². The number of alkyl halides is 1. The summed E-state index contributed by atoms with van der Waals surface area (Å²) in [5.74, 6) is -0.0228. The molecule has 0 aliphatic rings. The van der Waals surface area contributed by atoms with Crippen LogP contribution in [0.2, 0.25) is 0 Å². The first-order chi connectivity index (χ1) is 7.57. The molecule has 0 fully saturated rings. The van der Waals surface area contributed by atoms with E-state index in [2.05, 4.69) is 0 Å². The van der Waals surface area contributed by atoms with E-state index in [4.69, 9.17) is 11.6 Å². The molecule has 1 unspecified atom stereocenters. The van der Waals surface area contributed by atoms with Gasteiger partial charge in [0.15, 0.2) is 0 Å². The molecule has 1 aromatic carbocycles. The number of carbonyl (C=O) groups excluding carboxylic acids is 1. The van der Waals surface area contributed by atoms with Crippen LogP contribution < -0.4 is 4.90 Å². The Kier molecular flexibility index (Phi) is 4.81. The molecule has 0 aromatic heterocycles. The molecule has 1 amide bonds. The quantitative estimate of drug-likeness (QED) is 0.737. The third-order valence-corrected chi connectivity index (χ3v) is 2.91. The minimum atomic E-state index is -0.442. The lowest BCUT2D eigenvalue weighted by molar-refractivity contribution is -0.118. The van der Waals surface area contributed by atoms with Gasteiger partial charge in [-0.15, -0.1) is 11.6 Å². The molecule has 0 bridgehead atoms. The van der Waals surface area contributed by atoms with Crippen LogP contribution in [-0.2, 0) is 4.79 Å². The molecule has 1 aromatic rings. The Morgan fingerprint density at radius 1 is 1.31 bits per heavy atom. The van der Waals surface area contributed by atoms with E-state index in [1.54, 1.807) is 4.90 Å². The maximum absolute atomic E-state index is 12.1. The van der Waals surface area contributed by atoms with Crippen LogP contribution in [0, 0.1) is 0 Å². The number of halogens is 1. The lowest BCUT2D eigenvalue weighted by atomic mass is 10.2. The molecular weight excluding hydrogens is 222 g/mol. The highest BCUT2D eigenvalue weighted by atomic mass is 35.5. The van der Waals surface area contributed by atoms with Gasteiger partial charge in [-0.05, 0) is 32.4 Å². The molecule has 1 rings (SSSR count). The predicted molar refractivity (Wildman–Crippen MR) is 69.0 cm³/mol. The van der Waals surface area contributed by atoms with Crippen LogP contribution in [0.5, 0.6) is 0 Å². The molecule has 1 atom stereocenters. The van der Waals surface area contributed by atoms with Crippen molar-refractivity contribution in [3.05, 3.63) is 30.3 Å². The van der Waals surface area contributed by atoms with Gasteiger partial charge in [-0.1, -0.05) is 25.1 Å². The SMILES string of the molecule is CCC(Cl)C(=O)N(c1ccccc1)C(C)C. The maximum Gasteiger partial charge on any atom is 0.245 e. The van der Waals surface area contributed by atoms with E-state index in [9.17, 15) is 4.79 Å². The van der Waals surface area contributed by atoms with Gasteiger partial charge in [0.05, 0.1) is 0 Å². The van der Waals surface area contributed by atoms with Crippen molar-refractivity contribution in [3.63, 3.8) is 0 Å². The first-order valence-electron chi connectivity index (χ1n) is 5.60. The van der Waals surface area contributed by atoms with E-state index in [-0.39, 0.29) is 11.9 Å². The summed E-state index contributed by atoms with van der Waals surface area (Å²) in [5, 5.41) is -0.442. The van der Waals surface area contributed by atoms with Crippen LogP contribution in [0.15, 0.2) is 30.3 Å². The Labute approximate surface area is 102 Å². The molecule has 0 heterocycles. The number of anilines is 1. The largest absolute Gasteiger partial charge is 0.309 e. The Hall–Kier alpha value is -1.02. The van der Waals surface area contributed by atoms with Gasteiger partial charge in [-0.3, -0.25) is 4.79 Å². The van der Waals surface area contributed by atoms with E-state index < -0.39 is 5.38 Å². The van der Waals surface area contributed by atoms with Crippen molar-refractivity contribution in [2.75, 3.05) is 4.90 Å². The molecule has 16 heavy (non-hydrogen) atoms. The monoisotopic (exact) mass is 239 g/mol. The van der Waals surface area contributed by atoms with Gasteiger partial charge in [0.1, 0.15) is 5.38 Å². The van der Waals surface area contributed by atoms with E-state index >= 15 is 0 Å². The zero-order valence-corrected chi connectivity index (χ0v) is 10.7. The Balaban J connectivity index is 2.97. The average Bonchev–Trinajstić information content (AvgIpc) is 2.29.